The quantitative estimate of drug-likeness (QED) is 0.758. The van der Waals surface area contributed by atoms with E-state index >= 15 is 0 Å². The third-order valence-corrected chi connectivity index (χ3v) is 6.46. The van der Waals surface area contributed by atoms with Gasteiger partial charge in [-0.15, -0.1) is 5.10 Å². The second-order valence-electron chi connectivity index (χ2n) is 6.57. The second kappa shape index (κ2) is 6.83. The van der Waals surface area contributed by atoms with E-state index < -0.39 is 0 Å². The van der Waals surface area contributed by atoms with E-state index in [1.807, 2.05) is 19.1 Å². The molecule has 4 rings (SSSR count). The topological polar surface area (TPSA) is 54.3 Å². The Morgan fingerprint density at radius 2 is 2.04 bits per heavy atom. The molecule has 8 heteroatoms. The number of carbonyl (C=O) groups excluding carboxylic acids is 1. The van der Waals surface area contributed by atoms with Crippen LogP contribution in [0.1, 0.15) is 22.2 Å². The maximum absolute atomic E-state index is 13.0. The first-order valence-electron chi connectivity index (χ1n) is 8.35. The molecule has 6 nitrogen and oxygen atoms in total. The van der Waals surface area contributed by atoms with Gasteiger partial charge in [0.05, 0.1) is 6.04 Å². The molecule has 1 fully saturated rings. The lowest BCUT2D eigenvalue weighted by Crippen LogP contribution is -2.49. The highest BCUT2D eigenvalue weighted by atomic mass is 79.9. The highest BCUT2D eigenvalue weighted by Crippen LogP contribution is 2.41. The number of carbonyl (C=O) groups is 1. The summed E-state index contributed by atoms with van der Waals surface area (Å²) in [6, 6.07) is 8.31. The zero-order valence-corrected chi connectivity index (χ0v) is 16.6. The fraction of sp³-hybridized carbons (Fsp3) is 0.471. The number of aryl methyl sites for hydroxylation is 1. The summed E-state index contributed by atoms with van der Waals surface area (Å²) in [4.78, 5) is 22.2. The van der Waals surface area contributed by atoms with Gasteiger partial charge in [-0.1, -0.05) is 39.8 Å². The first-order valence-corrected chi connectivity index (χ1v) is 10.0. The van der Waals surface area contributed by atoms with Gasteiger partial charge < -0.3 is 4.90 Å². The Hall–Kier alpha value is -1.22. The highest BCUT2D eigenvalue weighted by Gasteiger charge is 2.43. The number of rotatable bonds is 3. The van der Waals surface area contributed by atoms with Crippen LogP contribution in [0.25, 0.3) is 0 Å². The molecule has 0 saturated carbocycles. The number of aromatic nitrogens is 3. The second-order valence-corrected chi connectivity index (χ2v) is 8.59. The van der Waals surface area contributed by atoms with E-state index in [1.54, 1.807) is 0 Å². The van der Waals surface area contributed by atoms with Crippen molar-refractivity contribution in [2.24, 2.45) is 0 Å². The molecule has 0 spiro atoms. The van der Waals surface area contributed by atoms with E-state index in [0.717, 1.165) is 36.2 Å². The van der Waals surface area contributed by atoms with E-state index in [9.17, 15) is 4.79 Å². The van der Waals surface area contributed by atoms with E-state index in [2.05, 4.69) is 55.0 Å². The Morgan fingerprint density at radius 3 is 2.72 bits per heavy atom. The van der Waals surface area contributed by atoms with Crippen LogP contribution in [0.2, 0.25) is 0 Å². The minimum absolute atomic E-state index is 0.0208. The fourth-order valence-corrected chi connectivity index (χ4v) is 5.19. The predicted molar refractivity (Wildman–Crippen MR) is 101 cm³/mol. The average molecular weight is 422 g/mol. The number of hydrogen-bond acceptors (Lipinski definition) is 6. The Kier molecular flexibility index (Phi) is 4.70. The highest BCUT2D eigenvalue weighted by molar-refractivity contribution is 9.10. The van der Waals surface area contributed by atoms with Crippen LogP contribution in [0.15, 0.2) is 33.9 Å². The van der Waals surface area contributed by atoms with Crippen LogP contribution in [0.5, 0.6) is 0 Å². The van der Waals surface area contributed by atoms with Crippen molar-refractivity contribution in [3.05, 3.63) is 40.1 Å². The zero-order valence-electron chi connectivity index (χ0n) is 14.2. The van der Waals surface area contributed by atoms with Gasteiger partial charge in [-0.05, 0) is 31.7 Å². The average Bonchev–Trinajstić information content (AvgIpc) is 3.08. The van der Waals surface area contributed by atoms with Gasteiger partial charge in [-0.2, -0.15) is 4.68 Å². The number of piperazine rings is 1. The monoisotopic (exact) mass is 421 g/mol. The van der Waals surface area contributed by atoms with Crippen molar-refractivity contribution < 1.29 is 4.79 Å². The van der Waals surface area contributed by atoms with E-state index in [4.69, 9.17) is 0 Å². The minimum Gasteiger partial charge on any atom is -0.304 e. The van der Waals surface area contributed by atoms with Gasteiger partial charge in [0.25, 0.3) is 5.91 Å². The van der Waals surface area contributed by atoms with E-state index in [0.29, 0.717) is 11.0 Å². The summed E-state index contributed by atoms with van der Waals surface area (Å²) in [5.74, 6) is 0.678. The van der Waals surface area contributed by atoms with Crippen molar-refractivity contribution >= 4 is 33.6 Å². The van der Waals surface area contributed by atoms with Crippen molar-refractivity contribution in [2.45, 2.75) is 23.4 Å². The Balaban J connectivity index is 1.68. The molecule has 2 aliphatic heterocycles. The van der Waals surface area contributed by atoms with Crippen LogP contribution in [-0.2, 0) is 0 Å². The minimum atomic E-state index is -0.215. The smallest absolute Gasteiger partial charge is 0.264 e. The molecule has 1 saturated heterocycles. The molecule has 2 atom stereocenters. The Labute approximate surface area is 159 Å². The van der Waals surface area contributed by atoms with Crippen LogP contribution < -0.4 is 0 Å². The molecule has 0 amide bonds. The van der Waals surface area contributed by atoms with Crippen LogP contribution in [0.4, 0.5) is 0 Å². The van der Waals surface area contributed by atoms with E-state index in [1.165, 1.54) is 16.4 Å². The van der Waals surface area contributed by atoms with E-state index in [-0.39, 0.29) is 17.2 Å². The molecule has 3 heterocycles. The van der Waals surface area contributed by atoms with Crippen LogP contribution in [0.3, 0.4) is 0 Å². The first kappa shape index (κ1) is 17.2. The Bertz CT molecular complexity index is 802. The van der Waals surface area contributed by atoms with Gasteiger partial charge in [0.1, 0.15) is 11.1 Å². The van der Waals surface area contributed by atoms with Crippen LogP contribution in [0, 0.1) is 6.92 Å². The molecular weight excluding hydrogens is 402 g/mol. The molecule has 0 radical (unpaired) electrons. The van der Waals surface area contributed by atoms with Crippen molar-refractivity contribution in [3.63, 3.8) is 0 Å². The lowest BCUT2D eigenvalue weighted by molar-refractivity contribution is 0.0766. The molecule has 1 aromatic carbocycles. The predicted octanol–water partition coefficient (Wildman–Crippen LogP) is 2.45. The number of likely N-dealkylation sites (N-methyl/N-ethyl adjacent to an activating group) is 1. The lowest BCUT2D eigenvalue weighted by atomic mass is 10.00. The molecular formula is C17H20BrN5OS. The number of halogens is 1. The molecule has 132 valence electrons. The molecule has 2 aliphatic rings. The summed E-state index contributed by atoms with van der Waals surface area (Å²) in [6.45, 7) is 5.75. The van der Waals surface area contributed by atoms with Crippen molar-refractivity contribution in [1.29, 1.82) is 0 Å². The molecule has 25 heavy (non-hydrogen) atoms. The normalized spacial score (nSPS) is 23.0. The molecule has 1 aromatic heterocycles. The number of benzene rings is 1. The molecule has 0 N–H and O–H groups in total. The number of thioether (sulfide) groups is 1. The number of hydrogen-bond donors (Lipinski definition) is 0. The van der Waals surface area contributed by atoms with Crippen molar-refractivity contribution in [2.75, 3.05) is 33.2 Å². The van der Waals surface area contributed by atoms with Crippen molar-refractivity contribution in [3.8, 4) is 0 Å². The summed E-state index contributed by atoms with van der Waals surface area (Å²) in [5, 5.41) is 4.77. The number of nitrogens with zero attached hydrogens (tertiary/aromatic N) is 5. The van der Waals surface area contributed by atoms with Crippen LogP contribution in [-0.4, -0.2) is 68.9 Å². The molecule has 0 aliphatic carbocycles. The largest absolute Gasteiger partial charge is 0.304 e. The van der Waals surface area contributed by atoms with Gasteiger partial charge in [0, 0.05) is 30.7 Å². The summed E-state index contributed by atoms with van der Waals surface area (Å²) < 4.78 is 2.51. The summed E-state index contributed by atoms with van der Waals surface area (Å²) in [6.07, 6.45) is 0. The third-order valence-electron chi connectivity index (χ3n) is 4.78. The lowest BCUT2D eigenvalue weighted by Gasteiger charge is -2.39. The maximum Gasteiger partial charge on any atom is 0.264 e. The van der Waals surface area contributed by atoms with Gasteiger partial charge in [-0.3, -0.25) is 9.69 Å². The zero-order chi connectivity index (χ0) is 17.6. The molecule has 0 bridgehead atoms. The van der Waals surface area contributed by atoms with Gasteiger partial charge >= 0.3 is 0 Å². The summed E-state index contributed by atoms with van der Waals surface area (Å²) in [7, 11) is 2.14. The van der Waals surface area contributed by atoms with Gasteiger partial charge in [-0.25, -0.2) is 4.98 Å². The third kappa shape index (κ3) is 3.28. The van der Waals surface area contributed by atoms with Crippen molar-refractivity contribution in [1.82, 2.24) is 24.6 Å². The fourth-order valence-electron chi connectivity index (χ4n) is 3.47. The van der Waals surface area contributed by atoms with Crippen LogP contribution >= 0.6 is 27.7 Å². The number of fused-ring (bicyclic) bond motifs is 1. The maximum atomic E-state index is 13.0. The molecule has 2 aromatic rings. The SMILES string of the molecule is Cc1nc2n(n1)C(=O)C([C@@H](c1cccc(Br)c1)N1CCN(C)CC1)S2. The van der Waals surface area contributed by atoms with Gasteiger partial charge in [0.2, 0.25) is 0 Å². The Morgan fingerprint density at radius 1 is 1.28 bits per heavy atom. The molecule has 1 unspecified atom stereocenters. The van der Waals surface area contributed by atoms with Gasteiger partial charge in [0.15, 0.2) is 5.16 Å². The standard InChI is InChI=1S/C17H20BrN5OS/c1-11-19-17-23(20-11)16(24)15(25-17)14(12-4-3-5-13(18)10-12)22-8-6-21(2)7-9-22/h3-5,10,14-15H,6-9H2,1-2H3/t14-,15?/m1/s1. The first-order chi connectivity index (χ1) is 12.0. The summed E-state index contributed by atoms with van der Waals surface area (Å²) in [5.41, 5.74) is 1.16. The summed E-state index contributed by atoms with van der Waals surface area (Å²) >= 11 is 5.11.